The molecule has 0 aliphatic carbocycles. The molecular weight excluding hydrogens is 326 g/mol. The Morgan fingerprint density at radius 1 is 1.30 bits per heavy atom. The Kier molecular flexibility index (Phi) is 6.01. The molecule has 2 N–H and O–H groups in total. The Morgan fingerprint density at radius 3 is 2.65 bits per heavy atom. The van der Waals surface area contributed by atoms with Crippen LogP contribution in [0.15, 0.2) is 27.9 Å². The highest BCUT2D eigenvalue weighted by molar-refractivity contribution is 7.13. The molecular formula is C16H25N5S2. The summed E-state index contributed by atoms with van der Waals surface area (Å²) >= 11 is 3.44. The first-order valence-corrected chi connectivity index (χ1v) is 9.28. The Balaban J connectivity index is 1.86. The monoisotopic (exact) mass is 351 g/mol. The van der Waals surface area contributed by atoms with Gasteiger partial charge in [-0.15, -0.1) is 22.7 Å². The predicted molar refractivity (Wildman–Crippen MR) is 102 cm³/mol. The van der Waals surface area contributed by atoms with Gasteiger partial charge in [0, 0.05) is 43.4 Å². The van der Waals surface area contributed by atoms with Gasteiger partial charge in [-0.3, -0.25) is 4.99 Å². The summed E-state index contributed by atoms with van der Waals surface area (Å²) in [6, 6.07) is 4.28. The van der Waals surface area contributed by atoms with Crippen molar-refractivity contribution in [2.24, 2.45) is 4.99 Å². The number of guanidine groups is 1. The van der Waals surface area contributed by atoms with Crippen molar-refractivity contribution in [3.8, 4) is 0 Å². The van der Waals surface area contributed by atoms with Gasteiger partial charge >= 0.3 is 0 Å². The second-order valence-electron chi connectivity index (χ2n) is 6.16. The number of hydrogen-bond acceptors (Lipinski definition) is 5. The molecule has 2 aromatic rings. The third-order valence-electron chi connectivity index (χ3n) is 3.47. The van der Waals surface area contributed by atoms with Crippen LogP contribution in [-0.2, 0) is 12.0 Å². The lowest BCUT2D eigenvalue weighted by molar-refractivity contribution is 0.518. The van der Waals surface area contributed by atoms with Gasteiger partial charge in [-0.2, -0.15) is 0 Å². The third kappa shape index (κ3) is 4.94. The average molecular weight is 352 g/mol. The van der Waals surface area contributed by atoms with E-state index in [1.54, 1.807) is 29.7 Å². The van der Waals surface area contributed by atoms with Crippen molar-refractivity contribution in [3.63, 3.8) is 0 Å². The molecule has 0 saturated heterocycles. The van der Waals surface area contributed by atoms with Gasteiger partial charge in [0.15, 0.2) is 11.1 Å². The van der Waals surface area contributed by atoms with Crippen LogP contribution in [0.4, 0.5) is 5.13 Å². The lowest BCUT2D eigenvalue weighted by atomic mass is 9.91. The van der Waals surface area contributed by atoms with Gasteiger partial charge in [0.2, 0.25) is 0 Å². The van der Waals surface area contributed by atoms with Crippen LogP contribution >= 0.6 is 22.7 Å². The molecule has 0 amide bonds. The summed E-state index contributed by atoms with van der Waals surface area (Å²) in [5.41, 5.74) is 1.10. The zero-order valence-electron chi connectivity index (χ0n) is 14.4. The van der Waals surface area contributed by atoms with Crippen LogP contribution < -0.4 is 15.5 Å². The molecule has 2 aromatic heterocycles. The van der Waals surface area contributed by atoms with Crippen LogP contribution in [0.1, 0.15) is 24.4 Å². The van der Waals surface area contributed by atoms with Crippen molar-refractivity contribution in [2.75, 3.05) is 32.6 Å². The van der Waals surface area contributed by atoms with E-state index in [1.807, 2.05) is 19.0 Å². The van der Waals surface area contributed by atoms with Crippen molar-refractivity contribution in [3.05, 3.63) is 33.5 Å². The fraction of sp³-hybridized carbons (Fsp3) is 0.500. The zero-order valence-corrected chi connectivity index (χ0v) is 16.0. The lowest BCUT2D eigenvalue weighted by Gasteiger charge is -2.25. The summed E-state index contributed by atoms with van der Waals surface area (Å²) in [6.45, 7) is 5.97. The molecule has 0 aromatic carbocycles. The van der Waals surface area contributed by atoms with E-state index in [0.717, 1.165) is 23.3 Å². The number of nitrogens with zero attached hydrogens (tertiary/aromatic N) is 3. The summed E-state index contributed by atoms with van der Waals surface area (Å²) in [4.78, 5) is 12.2. The minimum Gasteiger partial charge on any atom is -0.356 e. The summed E-state index contributed by atoms with van der Waals surface area (Å²) in [5.74, 6) is 0.800. The van der Waals surface area contributed by atoms with Gasteiger partial charge in [0.25, 0.3) is 0 Å². The fourth-order valence-corrected chi connectivity index (χ4v) is 3.64. The molecule has 0 saturated carbocycles. The Labute approximate surface area is 146 Å². The van der Waals surface area contributed by atoms with Crippen molar-refractivity contribution >= 4 is 33.8 Å². The van der Waals surface area contributed by atoms with E-state index < -0.39 is 0 Å². The first-order chi connectivity index (χ1) is 10.9. The second kappa shape index (κ2) is 7.79. The van der Waals surface area contributed by atoms with Crippen LogP contribution in [0.25, 0.3) is 0 Å². The molecule has 0 unspecified atom stereocenters. The highest BCUT2D eigenvalue weighted by Gasteiger charge is 2.21. The molecule has 0 aliphatic heterocycles. The number of rotatable bonds is 6. The quantitative estimate of drug-likeness (QED) is 0.621. The van der Waals surface area contributed by atoms with Crippen molar-refractivity contribution in [2.45, 2.75) is 25.8 Å². The number of aliphatic imine (C=N–C) groups is 1. The van der Waals surface area contributed by atoms with Crippen molar-refractivity contribution in [1.82, 2.24) is 15.6 Å². The molecule has 2 rings (SSSR count). The van der Waals surface area contributed by atoms with Crippen LogP contribution in [0.2, 0.25) is 0 Å². The van der Waals surface area contributed by atoms with Gasteiger partial charge in [-0.25, -0.2) is 4.98 Å². The SMILES string of the molecule is CN=C(NCc1csc(N(C)C)n1)NCC(C)(C)c1cccs1. The average Bonchev–Trinajstić information content (AvgIpc) is 3.19. The van der Waals surface area contributed by atoms with Crippen LogP contribution in [0, 0.1) is 0 Å². The smallest absolute Gasteiger partial charge is 0.191 e. The second-order valence-corrected chi connectivity index (χ2v) is 7.94. The molecule has 5 nitrogen and oxygen atoms in total. The summed E-state index contributed by atoms with van der Waals surface area (Å²) in [7, 11) is 5.80. The Morgan fingerprint density at radius 2 is 2.09 bits per heavy atom. The number of anilines is 1. The van der Waals surface area contributed by atoms with Gasteiger partial charge in [0.1, 0.15) is 0 Å². The van der Waals surface area contributed by atoms with Crippen LogP contribution in [0.5, 0.6) is 0 Å². The maximum absolute atomic E-state index is 4.57. The van der Waals surface area contributed by atoms with Crippen molar-refractivity contribution < 1.29 is 0 Å². The third-order valence-corrected chi connectivity index (χ3v) is 5.76. The molecule has 126 valence electrons. The number of nitrogens with one attached hydrogen (secondary N) is 2. The first kappa shape index (κ1) is 17.7. The largest absolute Gasteiger partial charge is 0.356 e. The minimum absolute atomic E-state index is 0.0739. The molecule has 0 spiro atoms. The number of thiazole rings is 1. The minimum atomic E-state index is 0.0739. The van der Waals surface area contributed by atoms with Crippen molar-refractivity contribution in [1.29, 1.82) is 0 Å². The van der Waals surface area contributed by atoms with Gasteiger partial charge in [-0.1, -0.05) is 19.9 Å². The molecule has 23 heavy (non-hydrogen) atoms. The van der Waals surface area contributed by atoms with E-state index >= 15 is 0 Å². The number of hydrogen-bond donors (Lipinski definition) is 2. The standard InChI is InChI=1S/C16H25N5S2/c1-16(2,13-7-6-8-22-13)11-19-14(17-3)18-9-12-10-23-15(20-12)21(4)5/h6-8,10H,9,11H2,1-5H3,(H2,17,18,19). The molecule has 0 bridgehead atoms. The van der Waals surface area contributed by atoms with Gasteiger partial charge in [-0.05, 0) is 11.4 Å². The highest BCUT2D eigenvalue weighted by Crippen LogP contribution is 2.26. The number of thiophene rings is 1. The molecule has 0 atom stereocenters. The van der Waals surface area contributed by atoms with Gasteiger partial charge in [0.05, 0.1) is 12.2 Å². The van der Waals surface area contributed by atoms with Gasteiger partial charge < -0.3 is 15.5 Å². The van der Waals surface area contributed by atoms with Crippen LogP contribution in [0.3, 0.4) is 0 Å². The van der Waals surface area contributed by atoms with E-state index in [1.165, 1.54) is 4.88 Å². The first-order valence-electron chi connectivity index (χ1n) is 7.52. The fourth-order valence-electron chi connectivity index (χ4n) is 2.03. The highest BCUT2D eigenvalue weighted by atomic mass is 32.1. The Hall–Kier alpha value is -1.60. The normalized spacial score (nSPS) is 12.3. The Bertz CT molecular complexity index is 629. The molecule has 0 aliphatic rings. The molecule has 7 heteroatoms. The summed E-state index contributed by atoms with van der Waals surface area (Å²) in [5, 5.41) is 11.9. The topological polar surface area (TPSA) is 52.6 Å². The van der Waals surface area contributed by atoms with E-state index in [0.29, 0.717) is 6.54 Å². The summed E-state index contributed by atoms with van der Waals surface area (Å²) in [6.07, 6.45) is 0. The maximum Gasteiger partial charge on any atom is 0.191 e. The van der Waals surface area contributed by atoms with E-state index in [-0.39, 0.29) is 5.41 Å². The molecule has 0 radical (unpaired) electrons. The molecule has 0 fully saturated rings. The zero-order chi connectivity index (χ0) is 16.9. The maximum atomic E-state index is 4.57. The van der Waals surface area contributed by atoms with Crippen LogP contribution in [-0.4, -0.2) is 38.6 Å². The number of aromatic nitrogens is 1. The van der Waals surface area contributed by atoms with E-state index in [4.69, 9.17) is 0 Å². The lowest BCUT2D eigenvalue weighted by Crippen LogP contribution is -2.43. The molecule has 2 heterocycles. The predicted octanol–water partition coefficient (Wildman–Crippen LogP) is 2.91. The van der Waals surface area contributed by atoms with E-state index in [2.05, 4.69) is 57.4 Å². The summed E-state index contributed by atoms with van der Waals surface area (Å²) < 4.78 is 0. The van der Waals surface area contributed by atoms with E-state index in [9.17, 15) is 0 Å².